The van der Waals surface area contributed by atoms with Gasteiger partial charge in [0.15, 0.2) is 19.8 Å². The van der Waals surface area contributed by atoms with Gasteiger partial charge in [-0.2, -0.15) is 0 Å². The Morgan fingerprint density at radius 3 is 2.42 bits per heavy atom. The predicted molar refractivity (Wildman–Crippen MR) is 139 cm³/mol. The summed E-state index contributed by atoms with van der Waals surface area (Å²) in [5.74, 6) is 1.13. The number of benzene rings is 1. The maximum atomic E-state index is 6.39. The van der Waals surface area contributed by atoms with E-state index in [0.29, 0.717) is 18.2 Å². The van der Waals surface area contributed by atoms with Crippen molar-refractivity contribution in [3.8, 4) is 17.1 Å². The molecule has 6 nitrogen and oxygen atoms in total. The van der Waals surface area contributed by atoms with Crippen molar-refractivity contribution >= 4 is 31.4 Å². The minimum atomic E-state index is -1.82. The fraction of sp³-hybridized carbons (Fsp3) is 0.269. The molecule has 0 aliphatic carbocycles. The fourth-order valence-electron chi connectivity index (χ4n) is 3.34. The van der Waals surface area contributed by atoms with Gasteiger partial charge < -0.3 is 10.2 Å². The SMILES string of the molecule is C=Cc1ccc2nc(-c3cccnc3N)n(-c3ccc(CO[Si](C)(C)C(C)(C)C)cc3)c2n1. The summed E-state index contributed by atoms with van der Waals surface area (Å²) >= 11 is 0. The van der Waals surface area contributed by atoms with Crippen LogP contribution in [0.3, 0.4) is 0 Å². The molecule has 0 saturated carbocycles. The fourth-order valence-corrected chi connectivity index (χ4v) is 4.30. The van der Waals surface area contributed by atoms with Crippen LogP contribution in [0.4, 0.5) is 5.82 Å². The normalized spacial score (nSPS) is 12.3. The molecule has 2 N–H and O–H groups in total. The van der Waals surface area contributed by atoms with Crippen LogP contribution in [0, 0.1) is 0 Å². The van der Waals surface area contributed by atoms with Gasteiger partial charge in [0, 0.05) is 11.9 Å². The third kappa shape index (κ3) is 4.47. The summed E-state index contributed by atoms with van der Waals surface area (Å²) in [7, 11) is -1.82. The van der Waals surface area contributed by atoms with Gasteiger partial charge in [0.1, 0.15) is 11.3 Å². The summed E-state index contributed by atoms with van der Waals surface area (Å²) in [5, 5.41) is 0.176. The highest BCUT2D eigenvalue weighted by atomic mass is 28.4. The number of nitrogens with zero attached hydrogens (tertiary/aromatic N) is 4. The Morgan fingerprint density at radius 1 is 1.06 bits per heavy atom. The van der Waals surface area contributed by atoms with Gasteiger partial charge in [0.2, 0.25) is 0 Å². The van der Waals surface area contributed by atoms with Crippen molar-refractivity contribution in [2.75, 3.05) is 5.73 Å². The zero-order valence-corrected chi connectivity index (χ0v) is 21.0. The molecule has 0 atom stereocenters. The van der Waals surface area contributed by atoms with Crippen molar-refractivity contribution in [3.05, 3.63) is 72.6 Å². The van der Waals surface area contributed by atoms with E-state index >= 15 is 0 Å². The molecule has 0 amide bonds. The van der Waals surface area contributed by atoms with E-state index in [4.69, 9.17) is 20.1 Å². The van der Waals surface area contributed by atoms with Crippen LogP contribution < -0.4 is 5.73 Å². The molecule has 33 heavy (non-hydrogen) atoms. The van der Waals surface area contributed by atoms with E-state index < -0.39 is 8.32 Å². The van der Waals surface area contributed by atoms with E-state index in [1.54, 1.807) is 12.3 Å². The smallest absolute Gasteiger partial charge is 0.192 e. The van der Waals surface area contributed by atoms with Crippen LogP contribution >= 0.6 is 0 Å². The Hall–Kier alpha value is -3.29. The van der Waals surface area contributed by atoms with E-state index in [2.05, 4.69) is 69.7 Å². The Balaban J connectivity index is 1.76. The first-order chi connectivity index (χ1) is 15.6. The molecular weight excluding hydrogens is 426 g/mol. The Kier molecular flexibility index (Phi) is 5.94. The van der Waals surface area contributed by atoms with Crippen LogP contribution in [0.2, 0.25) is 18.1 Å². The summed E-state index contributed by atoms with van der Waals surface area (Å²) in [6.07, 6.45) is 3.41. The number of aromatic nitrogens is 4. The molecule has 4 rings (SSSR count). The third-order valence-corrected chi connectivity index (χ3v) is 10.9. The topological polar surface area (TPSA) is 78.8 Å². The standard InChI is InChI=1S/C26H31N5OSi/c1-7-19-12-15-22-25(29-19)31(24(30-22)21-9-8-16-28-23(21)27)20-13-10-18(11-14-20)17-32-33(5,6)26(2,3)4/h7-16H,1,17H2,2-6H3,(H2,27,28). The van der Waals surface area contributed by atoms with Crippen LogP contribution in [0.15, 0.2) is 61.3 Å². The lowest BCUT2D eigenvalue weighted by molar-refractivity contribution is 0.276. The van der Waals surface area contributed by atoms with Crippen LogP contribution in [0.1, 0.15) is 32.0 Å². The lowest BCUT2D eigenvalue weighted by atomic mass is 10.2. The highest BCUT2D eigenvalue weighted by Gasteiger charge is 2.37. The largest absolute Gasteiger partial charge is 0.413 e. The molecule has 0 bridgehead atoms. The zero-order valence-electron chi connectivity index (χ0n) is 20.0. The Bertz CT molecular complexity index is 1300. The van der Waals surface area contributed by atoms with Gasteiger partial charge in [-0.15, -0.1) is 0 Å². The second kappa shape index (κ2) is 8.57. The molecule has 170 valence electrons. The number of fused-ring (bicyclic) bond motifs is 1. The summed E-state index contributed by atoms with van der Waals surface area (Å²) < 4.78 is 8.41. The highest BCUT2D eigenvalue weighted by molar-refractivity contribution is 6.74. The molecule has 0 aliphatic rings. The molecule has 0 spiro atoms. The molecule has 0 saturated heterocycles. The summed E-state index contributed by atoms with van der Waals surface area (Å²) in [4.78, 5) is 13.9. The second-order valence-corrected chi connectivity index (χ2v) is 14.5. The van der Waals surface area contributed by atoms with Gasteiger partial charge in [-0.3, -0.25) is 4.57 Å². The van der Waals surface area contributed by atoms with Gasteiger partial charge in [0.05, 0.1) is 17.9 Å². The van der Waals surface area contributed by atoms with Crippen molar-refractivity contribution < 1.29 is 4.43 Å². The molecular formula is C26H31N5OSi. The predicted octanol–water partition coefficient (Wildman–Crippen LogP) is 6.23. The van der Waals surface area contributed by atoms with Crippen molar-refractivity contribution in [2.45, 2.75) is 45.5 Å². The number of pyridine rings is 2. The Labute approximate surface area is 196 Å². The number of nitrogens with two attached hydrogens (primary N) is 1. The third-order valence-electron chi connectivity index (χ3n) is 6.42. The van der Waals surface area contributed by atoms with Crippen LogP contribution in [0.25, 0.3) is 34.3 Å². The number of hydrogen-bond acceptors (Lipinski definition) is 5. The van der Waals surface area contributed by atoms with Gasteiger partial charge in [0.25, 0.3) is 0 Å². The van der Waals surface area contributed by atoms with E-state index in [9.17, 15) is 0 Å². The van der Waals surface area contributed by atoms with Gasteiger partial charge in [-0.25, -0.2) is 15.0 Å². The quantitative estimate of drug-likeness (QED) is 0.347. The molecule has 4 aromatic rings. The molecule has 7 heteroatoms. The number of anilines is 1. The molecule has 3 heterocycles. The molecule has 0 unspecified atom stereocenters. The minimum Gasteiger partial charge on any atom is -0.413 e. The van der Waals surface area contributed by atoms with E-state index in [-0.39, 0.29) is 5.04 Å². The molecule has 0 aliphatic heterocycles. The van der Waals surface area contributed by atoms with E-state index in [0.717, 1.165) is 33.7 Å². The molecule has 0 radical (unpaired) electrons. The number of imidazole rings is 1. The first-order valence-electron chi connectivity index (χ1n) is 11.1. The summed E-state index contributed by atoms with van der Waals surface area (Å²) in [6.45, 7) is 15.8. The lowest BCUT2D eigenvalue weighted by Gasteiger charge is -2.36. The van der Waals surface area contributed by atoms with E-state index in [1.165, 1.54) is 0 Å². The average molecular weight is 458 g/mol. The minimum absolute atomic E-state index is 0.176. The molecule has 0 fully saturated rings. The monoisotopic (exact) mass is 457 g/mol. The van der Waals surface area contributed by atoms with E-state index in [1.807, 2.05) is 28.8 Å². The van der Waals surface area contributed by atoms with Crippen molar-refractivity contribution in [3.63, 3.8) is 0 Å². The lowest BCUT2D eigenvalue weighted by Crippen LogP contribution is -2.40. The number of nitrogen functional groups attached to an aromatic ring is 1. The van der Waals surface area contributed by atoms with Crippen LogP contribution in [0.5, 0.6) is 0 Å². The van der Waals surface area contributed by atoms with Crippen LogP contribution in [-0.4, -0.2) is 27.8 Å². The van der Waals surface area contributed by atoms with Gasteiger partial charge in [-0.1, -0.05) is 39.5 Å². The molecule has 1 aromatic carbocycles. The summed E-state index contributed by atoms with van der Waals surface area (Å²) in [6, 6.07) is 16.0. The Morgan fingerprint density at radius 2 is 1.79 bits per heavy atom. The highest BCUT2D eigenvalue weighted by Crippen LogP contribution is 2.37. The second-order valence-electron chi connectivity index (χ2n) is 9.71. The first-order valence-corrected chi connectivity index (χ1v) is 14.0. The van der Waals surface area contributed by atoms with Crippen molar-refractivity contribution in [1.29, 1.82) is 0 Å². The molecule has 3 aromatic heterocycles. The zero-order chi connectivity index (χ0) is 23.8. The first kappa shape index (κ1) is 22.9. The maximum absolute atomic E-state index is 6.39. The number of rotatable bonds is 6. The summed E-state index contributed by atoms with van der Waals surface area (Å²) in [5.41, 5.74) is 11.4. The maximum Gasteiger partial charge on any atom is 0.192 e. The van der Waals surface area contributed by atoms with Gasteiger partial charge in [-0.05, 0) is 66.2 Å². The number of hydrogen-bond donors (Lipinski definition) is 1. The van der Waals surface area contributed by atoms with Crippen LogP contribution in [-0.2, 0) is 11.0 Å². The average Bonchev–Trinajstić information content (AvgIpc) is 3.16. The van der Waals surface area contributed by atoms with Crippen molar-refractivity contribution in [2.24, 2.45) is 0 Å². The van der Waals surface area contributed by atoms with Gasteiger partial charge >= 0.3 is 0 Å². The van der Waals surface area contributed by atoms with Crippen molar-refractivity contribution in [1.82, 2.24) is 19.5 Å².